The Morgan fingerprint density at radius 3 is 1.85 bits per heavy atom. The molecular formula is C35H53N3O2S. The summed E-state index contributed by atoms with van der Waals surface area (Å²) in [5.74, 6) is 0.462. The molecule has 0 aromatic heterocycles. The largest absolute Gasteiger partial charge is 0.481 e. The van der Waals surface area contributed by atoms with Gasteiger partial charge in [0.2, 0.25) is 0 Å². The van der Waals surface area contributed by atoms with Gasteiger partial charge in [-0.05, 0) is 24.6 Å². The summed E-state index contributed by atoms with van der Waals surface area (Å²) in [4.78, 5) is 20.3. The number of unbranched alkanes of at least 4 members (excludes halogenated alkanes) is 14. The number of nitrogens with one attached hydrogen (secondary N) is 1. The lowest BCUT2D eigenvalue weighted by Crippen LogP contribution is -2.46. The minimum Gasteiger partial charge on any atom is -0.481 e. The Hall–Kier alpha value is -2.31. The topological polar surface area (TPSA) is 64.9 Å². The number of carboxylic acid groups (broad SMARTS) is 1. The second-order valence-corrected chi connectivity index (χ2v) is 12.4. The summed E-state index contributed by atoms with van der Waals surface area (Å²) in [5, 5.41) is 11.9. The van der Waals surface area contributed by atoms with Gasteiger partial charge in [-0.1, -0.05) is 139 Å². The number of hydrogen-bond acceptors (Lipinski definition) is 5. The predicted octanol–water partition coefficient (Wildman–Crippen LogP) is 9.47. The van der Waals surface area contributed by atoms with Crippen LogP contribution in [0.15, 0.2) is 63.3 Å². The van der Waals surface area contributed by atoms with Crippen LogP contribution >= 0.6 is 11.8 Å². The van der Waals surface area contributed by atoms with E-state index in [2.05, 4.69) is 65.7 Å². The third-order valence-corrected chi connectivity index (χ3v) is 8.99. The predicted molar refractivity (Wildman–Crippen MR) is 175 cm³/mol. The first-order valence-corrected chi connectivity index (χ1v) is 17.1. The molecule has 0 unspecified atom stereocenters. The Morgan fingerprint density at radius 2 is 1.27 bits per heavy atom. The summed E-state index contributed by atoms with van der Waals surface area (Å²) in [6, 6.07) is 17.0. The number of carbonyl (C=O) groups is 1. The molecule has 0 spiro atoms. The molecule has 0 radical (unpaired) electrons. The molecule has 0 atom stereocenters. The quantitative estimate of drug-likeness (QED) is 0.194. The lowest BCUT2D eigenvalue weighted by atomic mass is 10.0. The first-order chi connectivity index (χ1) is 20.2. The van der Waals surface area contributed by atoms with Crippen molar-refractivity contribution in [2.45, 2.75) is 119 Å². The molecule has 2 N–H and O–H groups in total. The molecule has 2 aromatic carbocycles. The lowest BCUT2D eigenvalue weighted by Gasteiger charge is -2.30. The lowest BCUT2D eigenvalue weighted by molar-refractivity contribution is -0.137. The van der Waals surface area contributed by atoms with Crippen molar-refractivity contribution in [1.82, 2.24) is 10.2 Å². The van der Waals surface area contributed by atoms with E-state index in [1.54, 1.807) is 0 Å². The maximum absolute atomic E-state index is 10.3. The van der Waals surface area contributed by atoms with Crippen LogP contribution in [0.4, 0.5) is 5.69 Å². The van der Waals surface area contributed by atoms with Gasteiger partial charge in [-0.3, -0.25) is 4.79 Å². The third-order valence-electron chi connectivity index (χ3n) is 7.85. The normalized spacial score (nSPS) is 14.3. The highest BCUT2D eigenvalue weighted by atomic mass is 32.2. The van der Waals surface area contributed by atoms with Crippen molar-refractivity contribution in [3.8, 4) is 0 Å². The van der Waals surface area contributed by atoms with Crippen molar-refractivity contribution in [3.63, 3.8) is 0 Å². The van der Waals surface area contributed by atoms with Crippen LogP contribution in [0, 0.1) is 0 Å². The molecule has 0 saturated carbocycles. The monoisotopic (exact) mass is 579 g/mol. The van der Waals surface area contributed by atoms with Crippen LogP contribution < -0.4 is 5.32 Å². The van der Waals surface area contributed by atoms with Crippen LogP contribution in [-0.4, -0.2) is 48.0 Å². The zero-order chi connectivity index (χ0) is 29.0. The van der Waals surface area contributed by atoms with Crippen molar-refractivity contribution in [2.75, 3.05) is 26.2 Å². The van der Waals surface area contributed by atoms with Gasteiger partial charge in [0.1, 0.15) is 5.84 Å². The zero-order valence-electron chi connectivity index (χ0n) is 25.4. The van der Waals surface area contributed by atoms with Gasteiger partial charge >= 0.3 is 5.97 Å². The Balaban J connectivity index is 0.000000226. The fourth-order valence-electron chi connectivity index (χ4n) is 5.43. The van der Waals surface area contributed by atoms with Crippen LogP contribution in [0.3, 0.4) is 0 Å². The Bertz CT molecular complexity index is 1040. The molecule has 1 saturated heterocycles. The summed E-state index contributed by atoms with van der Waals surface area (Å²) < 4.78 is 0. The number of carboxylic acids is 1. The molecule has 1 fully saturated rings. The number of hydrogen-bond donors (Lipinski definition) is 2. The van der Waals surface area contributed by atoms with Crippen molar-refractivity contribution in [1.29, 1.82) is 0 Å². The second kappa shape index (κ2) is 20.5. The van der Waals surface area contributed by atoms with Gasteiger partial charge in [-0.2, -0.15) is 0 Å². The molecule has 41 heavy (non-hydrogen) atoms. The fourth-order valence-corrected chi connectivity index (χ4v) is 6.45. The molecule has 2 aliphatic heterocycles. The first-order valence-electron chi connectivity index (χ1n) is 16.3. The van der Waals surface area contributed by atoms with E-state index in [4.69, 9.17) is 10.1 Å². The van der Waals surface area contributed by atoms with Gasteiger partial charge in [-0.15, -0.1) is 0 Å². The average molecular weight is 580 g/mol. The van der Waals surface area contributed by atoms with Crippen molar-refractivity contribution in [2.24, 2.45) is 4.99 Å². The highest BCUT2D eigenvalue weighted by molar-refractivity contribution is 7.99. The second-order valence-electron chi connectivity index (χ2n) is 11.3. The molecule has 0 aliphatic carbocycles. The number of piperazine rings is 1. The number of nitrogens with zero attached hydrogens (tertiary/aromatic N) is 2. The minimum atomic E-state index is -0.653. The molecule has 226 valence electrons. The number of amidine groups is 1. The van der Waals surface area contributed by atoms with Crippen LogP contribution in [0.2, 0.25) is 0 Å². The maximum atomic E-state index is 10.3. The number of aliphatic imine (C=N–C) groups is 1. The van der Waals surface area contributed by atoms with E-state index in [9.17, 15) is 4.79 Å². The summed E-state index contributed by atoms with van der Waals surface area (Å²) in [7, 11) is 0. The van der Waals surface area contributed by atoms with E-state index in [1.807, 2.05) is 11.8 Å². The van der Waals surface area contributed by atoms with Crippen molar-refractivity contribution < 1.29 is 9.90 Å². The van der Waals surface area contributed by atoms with E-state index < -0.39 is 5.97 Å². The van der Waals surface area contributed by atoms with Crippen LogP contribution in [0.25, 0.3) is 0 Å². The molecule has 6 heteroatoms. The minimum absolute atomic E-state index is 0.345. The highest BCUT2D eigenvalue weighted by Gasteiger charge is 2.22. The number of rotatable bonds is 16. The SMILES string of the molecule is CCCCCCCCCCCCCCCCCC(=O)O.c1ccc2c(c1)N=C(N1CCNCC1)c1ccccc1S2. The number of aliphatic carboxylic acids is 1. The summed E-state index contributed by atoms with van der Waals surface area (Å²) in [6.07, 6.45) is 20.2. The third kappa shape index (κ3) is 13.0. The highest BCUT2D eigenvalue weighted by Crippen LogP contribution is 2.40. The van der Waals surface area contributed by atoms with Crippen LogP contribution in [0.5, 0.6) is 0 Å². The molecule has 2 heterocycles. The fraction of sp³-hybridized carbons (Fsp3) is 0.600. The molecule has 4 rings (SSSR count). The maximum Gasteiger partial charge on any atom is 0.303 e. The summed E-state index contributed by atoms with van der Waals surface area (Å²) >= 11 is 1.81. The standard InChI is InChI=1S/C18H36O2.C17H17N3S/c1-2-3-4-5-6-7-8-9-10-11-12-13-14-15-16-17-18(19)20;1-3-7-15-13(5-1)17(20-11-9-18-10-12-20)19-14-6-2-4-8-16(14)21-15/h2-17H2,1H3,(H,19,20);1-8,18H,9-12H2. The number of para-hydroxylation sites is 1. The average Bonchev–Trinajstić information content (AvgIpc) is 3.17. The Kier molecular flexibility index (Phi) is 16.6. The number of benzene rings is 2. The van der Waals surface area contributed by atoms with Gasteiger partial charge in [0.25, 0.3) is 0 Å². The van der Waals surface area contributed by atoms with Gasteiger partial charge < -0.3 is 15.3 Å². The van der Waals surface area contributed by atoms with Gasteiger partial charge in [0, 0.05) is 48.0 Å². The zero-order valence-corrected chi connectivity index (χ0v) is 26.2. The van der Waals surface area contributed by atoms with E-state index in [1.165, 1.54) is 98.8 Å². The van der Waals surface area contributed by atoms with Crippen LogP contribution in [-0.2, 0) is 4.79 Å². The van der Waals surface area contributed by atoms with Crippen molar-refractivity contribution >= 4 is 29.3 Å². The van der Waals surface area contributed by atoms with Gasteiger partial charge in [0.05, 0.1) is 5.69 Å². The Morgan fingerprint density at radius 1 is 0.756 bits per heavy atom. The van der Waals surface area contributed by atoms with Gasteiger partial charge in [-0.25, -0.2) is 4.99 Å². The molecule has 2 aromatic rings. The first kappa shape index (κ1) is 33.2. The van der Waals surface area contributed by atoms with Crippen molar-refractivity contribution in [3.05, 3.63) is 54.1 Å². The van der Waals surface area contributed by atoms with E-state index in [0.717, 1.165) is 50.5 Å². The number of fused-ring (bicyclic) bond motifs is 2. The molecule has 5 nitrogen and oxygen atoms in total. The van der Waals surface area contributed by atoms with E-state index >= 15 is 0 Å². The molecule has 0 amide bonds. The van der Waals surface area contributed by atoms with Gasteiger partial charge in [0.15, 0.2) is 0 Å². The smallest absolute Gasteiger partial charge is 0.303 e. The van der Waals surface area contributed by atoms with E-state index in [-0.39, 0.29) is 0 Å². The van der Waals surface area contributed by atoms with E-state index in [0.29, 0.717) is 6.42 Å². The summed E-state index contributed by atoms with van der Waals surface area (Å²) in [5.41, 5.74) is 2.33. The molecule has 0 bridgehead atoms. The summed E-state index contributed by atoms with van der Waals surface area (Å²) in [6.45, 7) is 6.35. The molecular weight excluding hydrogens is 526 g/mol. The Labute approximate surface area is 253 Å². The van der Waals surface area contributed by atoms with Crippen LogP contribution in [0.1, 0.15) is 115 Å². The molecule has 2 aliphatic rings.